The number of carbonyl (C=O) groups is 1. The number of nitrogens with two attached hydrogens (primary N) is 1. The van der Waals surface area contributed by atoms with E-state index in [1.165, 1.54) is 23.9 Å². The lowest BCUT2D eigenvalue weighted by molar-refractivity contribution is -0.143. The van der Waals surface area contributed by atoms with E-state index in [1.807, 2.05) is 0 Å². The normalized spacial score (nSPS) is 13.2. The van der Waals surface area contributed by atoms with Gasteiger partial charge in [0.1, 0.15) is 22.3 Å². The van der Waals surface area contributed by atoms with Crippen LogP contribution < -0.4 is 10.5 Å². The van der Waals surface area contributed by atoms with Crippen LogP contribution >= 0.6 is 11.6 Å². The number of aromatic nitrogens is 6. The van der Waals surface area contributed by atoms with Gasteiger partial charge in [-0.05, 0) is 6.92 Å². The van der Waals surface area contributed by atoms with Crippen molar-refractivity contribution < 1.29 is 22.7 Å². The molecule has 3 aromatic heterocycles. The first-order valence-electron chi connectivity index (χ1n) is 7.07. The molecule has 3 rings (SSSR count). The molecule has 2 N–H and O–H groups in total. The molecule has 1 atom stereocenters. The maximum absolute atomic E-state index is 13.0. The number of fused-ring (bicyclic) bond motifs is 1. The minimum atomic E-state index is -4.69. The van der Waals surface area contributed by atoms with Gasteiger partial charge in [-0.1, -0.05) is 16.8 Å². The third kappa shape index (κ3) is 3.03. The SMILES string of the molecule is CC(C(N)=O)n1nnc2ncc(Oc3nn(C)c(C(F)(F)F)c3Cl)cc21. The molecule has 0 aliphatic rings. The van der Waals surface area contributed by atoms with Crippen molar-refractivity contribution in [3.8, 4) is 11.6 Å². The fourth-order valence-electron chi connectivity index (χ4n) is 2.23. The minimum absolute atomic E-state index is 0.0337. The number of primary amides is 1. The Kier molecular flexibility index (Phi) is 4.22. The van der Waals surface area contributed by atoms with Crippen molar-refractivity contribution in [2.45, 2.75) is 19.1 Å². The molecule has 9 nitrogen and oxygen atoms in total. The molecule has 0 saturated heterocycles. The molecule has 0 bridgehead atoms. The highest BCUT2D eigenvalue weighted by molar-refractivity contribution is 6.32. The summed E-state index contributed by atoms with van der Waals surface area (Å²) < 4.78 is 46.0. The Hall–Kier alpha value is -2.89. The zero-order valence-electron chi connectivity index (χ0n) is 13.3. The summed E-state index contributed by atoms with van der Waals surface area (Å²) >= 11 is 5.74. The second-order valence-corrected chi connectivity index (χ2v) is 5.70. The lowest BCUT2D eigenvalue weighted by Crippen LogP contribution is -2.24. The second kappa shape index (κ2) is 6.12. The van der Waals surface area contributed by atoms with Gasteiger partial charge in [-0.3, -0.25) is 9.48 Å². The number of amides is 1. The molecule has 0 radical (unpaired) electrons. The van der Waals surface area contributed by atoms with Crippen LogP contribution in [0.5, 0.6) is 11.6 Å². The van der Waals surface area contributed by atoms with Gasteiger partial charge < -0.3 is 10.5 Å². The molecular formula is C13H11ClF3N7O2. The Morgan fingerprint density at radius 2 is 2.12 bits per heavy atom. The fourth-order valence-corrected chi connectivity index (χ4v) is 2.54. The van der Waals surface area contributed by atoms with Gasteiger partial charge in [0, 0.05) is 13.1 Å². The standard InChI is InChI=1S/C13H11ClF3N7O2/c1-5(10(18)25)24-7-3-6(4-19-11(7)20-22-24)26-12-8(14)9(13(15,16)17)23(2)21-12/h3-5H,1-2H3,(H2,18,25). The van der Waals surface area contributed by atoms with Gasteiger partial charge in [0.15, 0.2) is 5.69 Å². The monoisotopic (exact) mass is 389 g/mol. The van der Waals surface area contributed by atoms with Gasteiger partial charge >= 0.3 is 6.18 Å². The summed E-state index contributed by atoms with van der Waals surface area (Å²) in [6.07, 6.45) is -3.48. The molecule has 0 saturated carbocycles. The summed E-state index contributed by atoms with van der Waals surface area (Å²) in [5, 5.41) is 10.5. The first kappa shape index (κ1) is 17.9. The molecule has 0 aromatic carbocycles. The first-order chi connectivity index (χ1) is 12.1. The number of nitrogens with zero attached hydrogens (tertiary/aromatic N) is 6. The lowest BCUT2D eigenvalue weighted by Gasteiger charge is -2.08. The summed E-state index contributed by atoms with van der Waals surface area (Å²) in [6.45, 7) is 1.51. The molecule has 1 unspecified atom stereocenters. The van der Waals surface area contributed by atoms with E-state index in [0.717, 1.165) is 7.05 Å². The number of carbonyl (C=O) groups excluding carboxylic acids is 1. The summed E-state index contributed by atoms with van der Waals surface area (Å²) in [4.78, 5) is 15.3. The van der Waals surface area contributed by atoms with Crippen LogP contribution in [-0.2, 0) is 18.0 Å². The van der Waals surface area contributed by atoms with E-state index < -0.39 is 34.7 Å². The molecule has 138 valence electrons. The van der Waals surface area contributed by atoms with Gasteiger partial charge in [0.25, 0.3) is 5.88 Å². The zero-order valence-corrected chi connectivity index (χ0v) is 14.1. The summed E-state index contributed by atoms with van der Waals surface area (Å²) in [6, 6.07) is 0.576. The van der Waals surface area contributed by atoms with Gasteiger partial charge in [0.2, 0.25) is 11.6 Å². The maximum Gasteiger partial charge on any atom is 0.434 e. The van der Waals surface area contributed by atoms with E-state index in [0.29, 0.717) is 10.2 Å². The van der Waals surface area contributed by atoms with Crippen LogP contribution in [0.4, 0.5) is 13.2 Å². The highest BCUT2D eigenvalue weighted by Gasteiger charge is 2.39. The highest BCUT2D eigenvalue weighted by atomic mass is 35.5. The van der Waals surface area contributed by atoms with Crippen LogP contribution in [-0.4, -0.2) is 35.7 Å². The van der Waals surface area contributed by atoms with E-state index in [4.69, 9.17) is 22.1 Å². The van der Waals surface area contributed by atoms with E-state index >= 15 is 0 Å². The van der Waals surface area contributed by atoms with Crippen molar-refractivity contribution in [2.24, 2.45) is 12.8 Å². The quantitative estimate of drug-likeness (QED) is 0.730. The fraction of sp³-hybridized carbons (Fsp3) is 0.308. The zero-order chi connectivity index (χ0) is 19.2. The highest BCUT2D eigenvalue weighted by Crippen LogP contribution is 2.40. The smallest absolute Gasteiger partial charge is 0.434 e. The van der Waals surface area contributed by atoms with E-state index in [-0.39, 0.29) is 11.4 Å². The molecule has 3 aromatic rings. The van der Waals surface area contributed by atoms with Crippen molar-refractivity contribution in [1.29, 1.82) is 0 Å². The molecule has 3 heterocycles. The van der Waals surface area contributed by atoms with Crippen molar-refractivity contribution >= 4 is 28.7 Å². The molecule has 1 amide bonds. The third-order valence-electron chi connectivity index (χ3n) is 3.53. The predicted octanol–water partition coefficient (Wildman–Crippen LogP) is 2.07. The van der Waals surface area contributed by atoms with Crippen LogP contribution in [0.3, 0.4) is 0 Å². The number of alkyl halides is 3. The number of hydrogen-bond acceptors (Lipinski definition) is 6. The van der Waals surface area contributed by atoms with E-state index in [9.17, 15) is 18.0 Å². The van der Waals surface area contributed by atoms with Crippen molar-refractivity contribution in [3.63, 3.8) is 0 Å². The maximum atomic E-state index is 13.0. The predicted molar refractivity (Wildman–Crippen MR) is 82.5 cm³/mol. The Morgan fingerprint density at radius 1 is 1.42 bits per heavy atom. The van der Waals surface area contributed by atoms with Gasteiger partial charge in [-0.2, -0.15) is 13.2 Å². The van der Waals surface area contributed by atoms with E-state index in [1.54, 1.807) is 0 Å². The topological polar surface area (TPSA) is 114 Å². The lowest BCUT2D eigenvalue weighted by atomic mass is 10.3. The van der Waals surface area contributed by atoms with E-state index in [2.05, 4.69) is 20.4 Å². The summed E-state index contributed by atoms with van der Waals surface area (Å²) in [5.74, 6) is -1.05. The Morgan fingerprint density at radius 3 is 2.69 bits per heavy atom. The largest absolute Gasteiger partial charge is 0.435 e. The Labute approximate surface area is 148 Å². The van der Waals surface area contributed by atoms with Crippen LogP contribution in [0.2, 0.25) is 5.02 Å². The third-order valence-corrected chi connectivity index (χ3v) is 3.87. The van der Waals surface area contributed by atoms with Crippen LogP contribution in [0.25, 0.3) is 11.2 Å². The summed E-state index contributed by atoms with van der Waals surface area (Å²) in [7, 11) is 1.09. The van der Waals surface area contributed by atoms with Crippen molar-refractivity contribution in [3.05, 3.63) is 23.0 Å². The van der Waals surface area contributed by atoms with Crippen LogP contribution in [0, 0.1) is 0 Å². The number of pyridine rings is 1. The van der Waals surface area contributed by atoms with Crippen molar-refractivity contribution in [2.75, 3.05) is 0 Å². The number of halogens is 4. The van der Waals surface area contributed by atoms with Gasteiger partial charge in [-0.15, -0.1) is 10.2 Å². The number of ether oxygens (including phenoxy) is 1. The van der Waals surface area contributed by atoms with Crippen molar-refractivity contribution in [1.82, 2.24) is 29.8 Å². The Balaban J connectivity index is 2.00. The molecule has 13 heteroatoms. The van der Waals surface area contributed by atoms with Crippen LogP contribution in [0.15, 0.2) is 12.3 Å². The average Bonchev–Trinajstić information content (AvgIpc) is 3.06. The van der Waals surface area contributed by atoms with Crippen LogP contribution in [0.1, 0.15) is 18.7 Å². The first-order valence-corrected chi connectivity index (χ1v) is 7.45. The molecule has 0 spiro atoms. The molecular weight excluding hydrogens is 379 g/mol. The number of hydrogen-bond donors (Lipinski definition) is 1. The summed E-state index contributed by atoms with van der Waals surface area (Å²) in [5.41, 5.74) is 4.61. The number of aryl methyl sites for hydroxylation is 1. The second-order valence-electron chi connectivity index (χ2n) is 5.32. The average molecular weight is 390 g/mol. The van der Waals surface area contributed by atoms with Gasteiger partial charge in [0.05, 0.1) is 6.20 Å². The molecule has 0 fully saturated rings. The molecule has 26 heavy (non-hydrogen) atoms. The Bertz CT molecular complexity index is 998. The number of rotatable bonds is 4. The minimum Gasteiger partial charge on any atom is -0.435 e. The molecule has 0 aliphatic carbocycles. The molecule has 0 aliphatic heterocycles. The van der Waals surface area contributed by atoms with Gasteiger partial charge in [-0.25, -0.2) is 9.67 Å².